The van der Waals surface area contributed by atoms with Crippen LogP contribution in [0.2, 0.25) is 0 Å². The zero-order valence-electron chi connectivity index (χ0n) is 12.9. The Bertz CT molecular complexity index is 975. The highest BCUT2D eigenvalue weighted by Gasteiger charge is 2.34. The first-order chi connectivity index (χ1) is 12.4. The summed E-state index contributed by atoms with van der Waals surface area (Å²) in [6, 6.07) is 9.45. The minimum Gasteiger partial charge on any atom is -0.359 e. The molecule has 2 N–H and O–H groups in total. The van der Waals surface area contributed by atoms with Crippen LogP contribution in [0.3, 0.4) is 0 Å². The average Bonchev–Trinajstić information content (AvgIpc) is 3.09. The summed E-state index contributed by atoms with van der Waals surface area (Å²) in [6.07, 6.45) is -1.75. The van der Waals surface area contributed by atoms with Crippen LogP contribution in [0, 0.1) is 17.1 Å². The molecular formula is C17H10F4N4S. The number of rotatable bonds is 4. The number of nitrogens with zero attached hydrogens (tertiary/aromatic N) is 2. The number of aromatic nitrogens is 2. The van der Waals surface area contributed by atoms with Gasteiger partial charge in [-0.1, -0.05) is 0 Å². The van der Waals surface area contributed by atoms with Gasteiger partial charge in [-0.05, 0) is 48.3 Å². The van der Waals surface area contributed by atoms with E-state index in [0.717, 1.165) is 24.1 Å². The van der Waals surface area contributed by atoms with Gasteiger partial charge in [0.25, 0.3) is 0 Å². The van der Waals surface area contributed by atoms with Crippen molar-refractivity contribution in [3.63, 3.8) is 0 Å². The molecule has 3 rings (SSSR count). The van der Waals surface area contributed by atoms with Gasteiger partial charge in [-0.25, -0.2) is 4.39 Å². The molecule has 26 heavy (non-hydrogen) atoms. The molecule has 0 fully saturated rings. The van der Waals surface area contributed by atoms with E-state index in [2.05, 4.69) is 14.7 Å². The van der Waals surface area contributed by atoms with Crippen molar-refractivity contribution >= 4 is 17.6 Å². The normalized spacial score (nSPS) is 11.2. The summed E-state index contributed by atoms with van der Waals surface area (Å²) in [7, 11) is 0. The molecule has 0 unspecified atom stereocenters. The predicted molar refractivity (Wildman–Crippen MR) is 89.6 cm³/mol. The third-order valence-electron chi connectivity index (χ3n) is 3.40. The van der Waals surface area contributed by atoms with E-state index in [1.807, 2.05) is 6.07 Å². The Morgan fingerprint density at radius 2 is 2.00 bits per heavy atom. The van der Waals surface area contributed by atoms with Gasteiger partial charge in [-0.15, -0.1) is 0 Å². The van der Waals surface area contributed by atoms with E-state index in [1.165, 1.54) is 36.7 Å². The van der Waals surface area contributed by atoms with Crippen molar-refractivity contribution in [1.82, 2.24) is 9.97 Å². The summed E-state index contributed by atoms with van der Waals surface area (Å²) in [4.78, 5) is 7.10. The molecule has 2 heterocycles. The first-order valence-electron chi connectivity index (χ1n) is 7.22. The van der Waals surface area contributed by atoms with Crippen molar-refractivity contribution < 1.29 is 17.6 Å². The molecule has 0 spiro atoms. The van der Waals surface area contributed by atoms with E-state index in [4.69, 9.17) is 5.26 Å². The topological polar surface area (TPSA) is 64.5 Å². The van der Waals surface area contributed by atoms with Crippen LogP contribution in [-0.2, 0) is 6.18 Å². The average molecular weight is 378 g/mol. The molecule has 0 atom stereocenters. The highest BCUT2D eigenvalue weighted by molar-refractivity contribution is 8.00. The molecule has 0 amide bonds. The highest BCUT2D eigenvalue weighted by Crippen LogP contribution is 2.36. The van der Waals surface area contributed by atoms with Gasteiger partial charge in [-0.2, -0.15) is 18.4 Å². The first-order valence-corrected chi connectivity index (χ1v) is 8.03. The molecule has 0 radical (unpaired) electrons. The molecular weight excluding hydrogens is 368 g/mol. The highest BCUT2D eigenvalue weighted by atomic mass is 32.2. The van der Waals surface area contributed by atoms with Crippen LogP contribution in [-0.4, -0.2) is 9.97 Å². The molecule has 0 saturated carbocycles. The van der Waals surface area contributed by atoms with E-state index < -0.39 is 17.6 Å². The third kappa shape index (κ3) is 3.81. The van der Waals surface area contributed by atoms with Crippen LogP contribution in [0.4, 0.5) is 23.2 Å². The summed E-state index contributed by atoms with van der Waals surface area (Å²) in [5.41, 5.74) is -0.509. The lowest BCUT2D eigenvalue weighted by molar-refractivity contribution is -0.137. The van der Waals surface area contributed by atoms with E-state index in [1.54, 1.807) is 0 Å². The maximum Gasteiger partial charge on any atom is 0.418 e. The number of nitriles is 1. The lowest BCUT2D eigenvalue weighted by Gasteiger charge is -2.10. The smallest absolute Gasteiger partial charge is 0.359 e. The van der Waals surface area contributed by atoms with Gasteiger partial charge in [0.2, 0.25) is 0 Å². The van der Waals surface area contributed by atoms with Crippen LogP contribution >= 0.6 is 11.9 Å². The van der Waals surface area contributed by atoms with Crippen molar-refractivity contribution in [1.29, 1.82) is 5.26 Å². The number of halogens is 4. The van der Waals surface area contributed by atoms with Crippen molar-refractivity contribution in [3.8, 4) is 17.5 Å². The van der Waals surface area contributed by atoms with Gasteiger partial charge in [0, 0.05) is 17.3 Å². The quantitative estimate of drug-likeness (QED) is 0.482. The van der Waals surface area contributed by atoms with Crippen LogP contribution in [0.1, 0.15) is 11.1 Å². The van der Waals surface area contributed by atoms with Gasteiger partial charge in [-0.3, -0.25) is 4.98 Å². The SMILES string of the molecule is N#Cc1ccc(NSc2c[nH]c(-c3ncccc3C(F)(F)F)c2)c(F)c1. The lowest BCUT2D eigenvalue weighted by Crippen LogP contribution is -2.08. The predicted octanol–water partition coefficient (Wildman–Crippen LogP) is 5.23. The number of aromatic amines is 1. The Balaban J connectivity index is 1.79. The molecule has 0 saturated heterocycles. The Kier molecular flexibility index (Phi) is 4.86. The van der Waals surface area contributed by atoms with Gasteiger partial charge < -0.3 is 9.71 Å². The van der Waals surface area contributed by atoms with Crippen molar-refractivity contribution in [2.24, 2.45) is 0 Å². The number of anilines is 1. The largest absolute Gasteiger partial charge is 0.418 e. The van der Waals surface area contributed by atoms with Gasteiger partial charge in [0.05, 0.1) is 34.3 Å². The molecule has 3 aromatic rings. The molecule has 4 nitrogen and oxygen atoms in total. The maximum atomic E-state index is 13.8. The number of benzene rings is 1. The fourth-order valence-electron chi connectivity index (χ4n) is 2.20. The van der Waals surface area contributed by atoms with Crippen molar-refractivity contribution in [2.75, 3.05) is 4.72 Å². The number of hydrogen-bond acceptors (Lipinski definition) is 4. The molecule has 9 heteroatoms. The number of alkyl halides is 3. The Labute approximate surface area is 150 Å². The fourth-order valence-corrected chi connectivity index (χ4v) is 2.89. The van der Waals surface area contributed by atoms with Crippen molar-refractivity contribution in [2.45, 2.75) is 11.1 Å². The third-order valence-corrected chi connectivity index (χ3v) is 4.20. The van der Waals surface area contributed by atoms with Gasteiger partial charge in [0.1, 0.15) is 5.82 Å². The zero-order valence-corrected chi connectivity index (χ0v) is 13.7. The molecule has 0 aliphatic carbocycles. The number of pyridine rings is 1. The Morgan fingerprint density at radius 3 is 2.69 bits per heavy atom. The van der Waals surface area contributed by atoms with Crippen molar-refractivity contribution in [3.05, 3.63) is 65.7 Å². The molecule has 132 valence electrons. The summed E-state index contributed by atoms with van der Waals surface area (Å²) < 4.78 is 55.8. The first kappa shape index (κ1) is 17.8. The van der Waals surface area contributed by atoms with E-state index in [0.29, 0.717) is 4.90 Å². The summed E-state index contributed by atoms with van der Waals surface area (Å²) >= 11 is 1.02. The Hall–Kier alpha value is -2.99. The van der Waals surface area contributed by atoms with Crippen LogP contribution in [0.15, 0.2) is 53.7 Å². The summed E-state index contributed by atoms with van der Waals surface area (Å²) in [5, 5.41) is 8.72. The molecule has 0 aliphatic heterocycles. The van der Waals surface area contributed by atoms with Crippen LogP contribution < -0.4 is 4.72 Å². The monoisotopic (exact) mass is 378 g/mol. The lowest BCUT2D eigenvalue weighted by atomic mass is 10.1. The summed E-state index contributed by atoms with van der Waals surface area (Å²) in [6.45, 7) is 0. The van der Waals surface area contributed by atoms with Crippen LogP contribution in [0.25, 0.3) is 11.4 Å². The Morgan fingerprint density at radius 1 is 1.19 bits per heavy atom. The number of hydrogen-bond donors (Lipinski definition) is 2. The molecule has 0 bridgehead atoms. The number of nitrogens with one attached hydrogen (secondary N) is 2. The molecule has 1 aromatic carbocycles. The summed E-state index contributed by atoms with van der Waals surface area (Å²) in [5.74, 6) is -0.601. The molecule has 2 aromatic heterocycles. The van der Waals surface area contributed by atoms with Crippen LogP contribution in [0.5, 0.6) is 0 Å². The van der Waals surface area contributed by atoms with Gasteiger partial charge in [0.15, 0.2) is 0 Å². The van der Waals surface area contributed by atoms with E-state index >= 15 is 0 Å². The zero-order chi connectivity index (χ0) is 18.7. The second-order valence-corrected chi connectivity index (χ2v) is 6.04. The number of H-pyrrole nitrogens is 1. The second kappa shape index (κ2) is 7.09. The van der Waals surface area contributed by atoms with E-state index in [-0.39, 0.29) is 22.6 Å². The minimum absolute atomic E-state index is 0.158. The second-order valence-electron chi connectivity index (χ2n) is 5.16. The maximum absolute atomic E-state index is 13.8. The fraction of sp³-hybridized carbons (Fsp3) is 0.0588. The minimum atomic E-state index is -4.52. The van der Waals surface area contributed by atoms with E-state index in [9.17, 15) is 17.6 Å². The standard InChI is InChI=1S/C17H10F4N4S/c18-13-6-10(8-22)3-4-14(13)25-26-11-7-15(24-9-11)16-12(17(19,20)21)2-1-5-23-16/h1-7,9,24-25H. The van der Waals surface area contributed by atoms with Gasteiger partial charge >= 0.3 is 6.18 Å². The molecule has 0 aliphatic rings.